The number of fused-ring (bicyclic) bond motifs is 2. The normalized spacial score (nSPS) is 14.1. The maximum Gasteiger partial charge on any atom is 0.297 e. The third-order valence-corrected chi connectivity index (χ3v) is 9.67. The van der Waals surface area contributed by atoms with Gasteiger partial charge in [0.25, 0.3) is 11.4 Å². The lowest BCUT2D eigenvalue weighted by Gasteiger charge is -2.01. The maximum atomic E-state index is 11.8. The molecule has 10 heteroatoms. The van der Waals surface area contributed by atoms with Crippen molar-refractivity contribution in [3.05, 3.63) is 113 Å². The van der Waals surface area contributed by atoms with Crippen molar-refractivity contribution in [2.45, 2.75) is 19.6 Å². The first-order chi connectivity index (χ1) is 15.5. The molecule has 158 valence electrons. The molecule has 3 aromatic carbocycles. The van der Waals surface area contributed by atoms with E-state index in [-0.39, 0.29) is 21.2 Å². The molecule has 0 saturated heterocycles. The van der Waals surface area contributed by atoms with Gasteiger partial charge in [0, 0.05) is 19.6 Å². The van der Waals surface area contributed by atoms with Gasteiger partial charge in [0.1, 0.15) is 8.47 Å². The van der Waals surface area contributed by atoms with E-state index in [1.807, 2.05) is 24.3 Å². The van der Waals surface area contributed by atoms with E-state index in [4.69, 9.17) is 0 Å². The van der Waals surface area contributed by atoms with Crippen LogP contribution in [0, 0.1) is 20.2 Å². The van der Waals surface area contributed by atoms with Crippen molar-refractivity contribution in [3.63, 3.8) is 0 Å². The van der Waals surface area contributed by atoms with Gasteiger partial charge < -0.3 is 0 Å². The number of rotatable bonds is 4. The van der Waals surface area contributed by atoms with Crippen molar-refractivity contribution in [1.82, 2.24) is 0 Å². The monoisotopic (exact) mass is 496 g/mol. The van der Waals surface area contributed by atoms with Gasteiger partial charge in [0.05, 0.1) is 21.0 Å². The summed E-state index contributed by atoms with van der Waals surface area (Å²) in [5.74, 6) is 0. The highest BCUT2D eigenvalue weighted by Gasteiger charge is 2.34. The Morgan fingerprint density at radius 1 is 0.562 bits per heavy atom. The van der Waals surface area contributed by atoms with Gasteiger partial charge in [-0.05, 0) is 36.4 Å². The Morgan fingerprint density at radius 3 is 1.16 bits per heavy atom. The molecule has 32 heavy (non-hydrogen) atoms. The van der Waals surface area contributed by atoms with Gasteiger partial charge >= 0.3 is 0 Å². The Kier molecular flexibility index (Phi) is 5.76. The second kappa shape index (κ2) is 8.70. The molecule has 0 unspecified atom stereocenters. The molecule has 3 aromatic rings. The molecule has 2 heterocycles. The fraction of sp³-hybridized carbons (Fsp3) is 0. The highest BCUT2D eigenvalue weighted by atomic mass is 32.2. The summed E-state index contributed by atoms with van der Waals surface area (Å²) in [6.45, 7) is 0. The van der Waals surface area contributed by atoms with E-state index >= 15 is 0 Å². The van der Waals surface area contributed by atoms with Gasteiger partial charge in [0.2, 0.25) is 0 Å². The van der Waals surface area contributed by atoms with Crippen molar-refractivity contribution in [1.29, 1.82) is 0 Å². The highest BCUT2D eigenvalue weighted by Crippen LogP contribution is 2.60. The maximum absolute atomic E-state index is 11.8. The smallest absolute Gasteiger partial charge is 0.258 e. The van der Waals surface area contributed by atoms with E-state index in [2.05, 4.69) is 0 Å². The summed E-state index contributed by atoms with van der Waals surface area (Å²) >= 11 is 5.50. The van der Waals surface area contributed by atoms with Crippen LogP contribution in [0.1, 0.15) is 11.1 Å². The molecule has 0 N–H and O–H groups in total. The lowest BCUT2D eigenvalue weighted by atomic mass is 10.2. The standard InChI is InChI=1S/C22H12N2O4S4/c25-23(26)19(13-7-3-1-4-8-13)21-29-15-11-17-18(12-16(15)30-21)32-22(31-17)20(24(27)28)14-9-5-2-6-10-14/h1-12H. The summed E-state index contributed by atoms with van der Waals surface area (Å²) in [5, 5.41) is 23.6. The van der Waals surface area contributed by atoms with Gasteiger partial charge in [-0.2, -0.15) is 0 Å². The molecule has 5 rings (SSSR count). The summed E-state index contributed by atoms with van der Waals surface area (Å²) in [7, 11) is 0. The van der Waals surface area contributed by atoms with E-state index < -0.39 is 0 Å². The topological polar surface area (TPSA) is 86.3 Å². The molecule has 0 saturated carbocycles. The fourth-order valence-corrected chi connectivity index (χ4v) is 8.62. The van der Waals surface area contributed by atoms with Crippen molar-refractivity contribution < 1.29 is 9.85 Å². The molecule has 0 aliphatic carbocycles. The van der Waals surface area contributed by atoms with E-state index in [0.717, 1.165) is 19.6 Å². The lowest BCUT2D eigenvalue weighted by molar-refractivity contribution is -0.375. The fourth-order valence-electron chi connectivity index (χ4n) is 3.26. The quantitative estimate of drug-likeness (QED) is 0.275. The van der Waals surface area contributed by atoms with Gasteiger partial charge in [-0.25, -0.2) is 0 Å². The Labute approximate surface area is 199 Å². The molecule has 0 fully saturated rings. The molecule has 0 bridgehead atoms. The van der Waals surface area contributed by atoms with Gasteiger partial charge in [0.15, 0.2) is 0 Å². The molecule has 6 nitrogen and oxygen atoms in total. The van der Waals surface area contributed by atoms with Crippen LogP contribution in [0.3, 0.4) is 0 Å². The van der Waals surface area contributed by atoms with Gasteiger partial charge in [-0.1, -0.05) is 83.4 Å². The zero-order valence-electron chi connectivity index (χ0n) is 16.1. The minimum atomic E-state index is -0.336. The minimum absolute atomic E-state index is 0.0950. The predicted molar refractivity (Wildman–Crippen MR) is 131 cm³/mol. The third-order valence-electron chi connectivity index (χ3n) is 4.67. The highest BCUT2D eigenvalue weighted by molar-refractivity contribution is 8.26. The van der Waals surface area contributed by atoms with Crippen LogP contribution >= 0.6 is 47.0 Å². The second-order valence-corrected chi connectivity index (χ2v) is 11.4. The largest absolute Gasteiger partial charge is 0.297 e. The lowest BCUT2D eigenvalue weighted by Crippen LogP contribution is -1.99. The number of nitrogens with zero attached hydrogens (tertiary/aromatic N) is 2. The number of hydrogen-bond acceptors (Lipinski definition) is 8. The van der Waals surface area contributed by atoms with Gasteiger partial charge in [-0.3, -0.25) is 20.2 Å². The number of hydrogen-bond donors (Lipinski definition) is 0. The zero-order chi connectivity index (χ0) is 22.2. The van der Waals surface area contributed by atoms with E-state index in [0.29, 0.717) is 19.6 Å². The Bertz CT molecular complexity index is 1190. The van der Waals surface area contributed by atoms with Gasteiger partial charge in [-0.15, -0.1) is 0 Å². The first-order valence-electron chi connectivity index (χ1n) is 9.29. The summed E-state index contributed by atoms with van der Waals surface area (Å²) in [6, 6.07) is 21.7. The molecule has 0 aromatic heterocycles. The van der Waals surface area contributed by atoms with Crippen molar-refractivity contribution in [2.75, 3.05) is 0 Å². The first-order valence-corrected chi connectivity index (χ1v) is 12.6. The minimum Gasteiger partial charge on any atom is -0.258 e. The summed E-state index contributed by atoms with van der Waals surface area (Å²) in [5.41, 5.74) is 1.33. The Balaban J connectivity index is 1.50. The Hall–Kier alpha value is -2.66. The molecule has 0 amide bonds. The molecule has 0 atom stereocenters. The summed E-state index contributed by atoms with van der Waals surface area (Å²) in [6.07, 6.45) is 0. The number of nitro groups is 2. The first kappa shape index (κ1) is 21.2. The predicted octanol–water partition coefficient (Wildman–Crippen LogP) is 7.29. The van der Waals surface area contributed by atoms with Crippen LogP contribution in [-0.2, 0) is 0 Å². The zero-order valence-corrected chi connectivity index (χ0v) is 19.4. The van der Waals surface area contributed by atoms with E-state index in [1.165, 1.54) is 47.0 Å². The van der Waals surface area contributed by atoms with Crippen LogP contribution in [0.4, 0.5) is 0 Å². The molecule has 0 radical (unpaired) electrons. The van der Waals surface area contributed by atoms with Crippen LogP contribution in [0.5, 0.6) is 0 Å². The average Bonchev–Trinajstić information content (AvgIpc) is 3.35. The molecular formula is C22H12N2O4S4. The van der Waals surface area contributed by atoms with Crippen molar-refractivity contribution in [2.24, 2.45) is 0 Å². The third kappa shape index (κ3) is 3.95. The van der Waals surface area contributed by atoms with E-state index in [1.54, 1.807) is 48.5 Å². The molecule has 2 aliphatic heterocycles. The average molecular weight is 497 g/mol. The summed E-state index contributed by atoms with van der Waals surface area (Å²) in [4.78, 5) is 26.6. The van der Waals surface area contributed by atoms with E-state index in [9.17, 15) is 20.2 Å². The van der Waals surface area contributed by atoms with Crippen molar-refractivity contribution >= 4 is 58.4 Å². The Morgan fingerprint density at radius 2 is 0.875 bits per heavy atom. The SMILES string of the molecule is O=[N+]([O-])C(=C1Sc2cc3c(cc2S1)SC(=C(c1ccccc1)[N+](=O)[O-])S3)c1ccccc1. The van der Waals surface area contributed by atoms with Crippen LogP contribution < -0.4 is 0 Å². The van der Waals surface area contributed by atoms with Crippen molar-refractivity contribution in [3.8, 4) is 0 Å². The summed E-state index contributed by atoms with van der Waals surface area (Å²) < 4.78 is 1.25. The number of benzene rings is 3. The van der Waals surface area contributed by atoms with Crippen LogP contribution in [0.25, 0.3) is 11.4 Å². The van der Waals surface area contributed by atoms with Crippen LogP contribution in [-0.4, -0.2) is 9.85 Å². The van der Waals surface area contributed by atoms with Crippen LogP contribution in [0.2, 0.25) is 0 Å². The number of thioether (sulfide) groups is 4. The van der Waals surface area contributed by atoms with Crippen LogP contribution in [0.15, 0.2) is 101 Å². The molecule has 0 spiro atoms. The molecule has 2 aliphatic rings. The molecular weight excluding hydrogens is 485 g/mol. The second-order valence-electron chi connectivity index (χ2n) is 6.67.